The van der Waals surface area contributed by atoms with Gasteiger partial charge in [0.25, 0.3) is 0 Å². The number of aliphatic hydroxyl groups excluding tert-OH is 1. The van der Waals surface area contributed by atoms with Crippen LogP contribution in [0.2, 0.25) is 0 Å². The van der Waals surface area contributed by atoms with Crippen LogP contribution in [0.15, 0.2) is 18.2 Å². The van der Waals surface area contributed by atoms with Crippen LogP contribution in [0.25, 0.3) is 0 Å². The molecule has 0 heterocycles. The van der Waals surface area contributed by atoms with Gasteiger partial charge in [0.15, 0.2) is 0 Å². The second-order valence-corrected chi connectivity index (χ2v) is 3.75. The summed E-state index contributed by atoms with van der Waals surface area (Å²) in [6.07, 6.45) is -0.489. The zero-order valence-corrected chi connectivity index (χ0v) is 10.8. The fraction of sp³-hybridized carbons (Fsp3) is 0.462. The monoisotopic (exact) mass is 254 g/mol. The Morgan fingerprint density at radius 3 is 2.67 bits per heavy atom. The fourth-order valence-electron chi connectivity index (χ4n) is 1.46. The quantitative estimate of drug-likeness (QED) is 0.782. The lowest BCUT2D eigenvalue weighted by Crippen LogP contribution is -2.09. The van der Waals surface area contributed by atoms with Gasteiger partial charge >= 0.3 is 5.97 Å². The summed E-state index contributed by atoms with van der Waals surface area (Å²) in [5, 5.41) is 9.61. The molecule has 1 aromatic rings. The van der Waals surface area contributed by atoms with Gasteiger partial charge in [-0.3, -0.25) is 4.79 Å². The van der Waals surface area contributed by atoms with E-state index in [0.717, 1.165) is 0 Å². The normalized spacial score (nSPS) is 11.8. The Balaban J connectivity index is 2.74. The van der Waals surface area contributed by atoms with Crippen molar-refractivity contribution in [1.82, 2.24) is 0 Å². The molecule has 0 saturated heterocycles. The SMILES string of the molecule is COC(=O)CCOc1cc(OC)ccc1C(C)O. The van der Waals surface area contributed by atoms with Crippen molar-refractivity contribution in [3.63, 3.8) is 0 Å². The predicted molar refractivity (Wildman–Crippen MR) is 65.8 cm³/mol. The van der Waals surface area contributed by atoms with Gasteiger partial charge in [-0.15, -0.1) is 0 Å². The molecule has 0 saturated carbocycles. The smallest absolute Gasteiger partial charge is 0.308 e. The summed E-state index contributed by atoms with van der Waals surface area (Å²) in [6.45, 7) is 1.84. The van der Waals surface area contributed by atoms with Crippen molar-refractivity contribution in [2.45, 2.75) is 19.4 Å². The summed E-state index contributed by atoms with van der Waals surface area (Å²) in [5.41, 5.74) is 0.653. The first-order chi connectivity index (χ1) is 8.58. The summed E-state index contributed by atoms with van der Waals surface area (Å²) in [5.74, 6) is 0.803. The molecule has 1 atom stereocenters. The standard InChI is InChI=1S/C13H18O5/c1-9(14)11-5-4-10(16-2)8-12(11)18-7-6-13(15)17-3/h4-5,8-9,14H,6-7H2,1-3H3. The van der Waals surface area contributed by atoms with E-state index >= 15 is 0 Å². The number of carbonyl (C=O) groups is 1. The third kappa shape index (κ3) is 3.92. The molecule has 18 heavy (non-hydrogen) atoms. The molecule has 5 heteroatoms. The number of benzene rings is 1. The Labute approximate surface area is 106 Å². The van der Waals surface area contributed by atoms with Crippen LogP contribution in [0, 0.1) is 0 Å². The maximum absolute atomic E-state index is 11.0. The van der Waals surface area contributed by atoms with Crippen LogP contribution < -0.4 is 9.47 Å². The van der Waals surface area contributed by atoms with E-state index in [4.69, 9.17) is 9.47 Å². The Morgan fingerprint density at radius 2 is 2.11 bits per heavy atom. The van der Waals surface area contributed by atoms with Gasteiger partial charge < -0.3 is 19.3 Å². The molecule has 5 nitrogen and oxygen atoms in total. The molecule has 0 aliphatic rings. The first-order valence-corrected chi connectivity index (χ1v) is 5.64. The van der Waals surface area contributed by atoms with Crippen molar-refractivity contribution in [2.24, 2.45) is 0 Å². The number of hydrogen-bond acceptors (Lipinski definition) is 5. The zero-order chi connectivity index (χ0) is 13.5. The van der Waals surface area contributed by atoms with E-state index in [-0.39, 0.29) is 19.0 Å². The summed E-state index contributed by atoms with van der Waals surface area (Å²) in [4.78, 5) is 11.0. The number of aliphatic hydroxyl groups is 1. The van der Waals surface area contributed by atoms with E-state index in [9.17, 15) is 9.90 Å². The van der Waals surface area contributed by atoms with Crippen LogP contribution >= 0.6 is 0 Å². The summed E-state index contributed by atoms with van der Waals surface area (Å²) in [7, 11) is 2.88. The van der Waals surface area contributed by atoms with Gasteiger partial charge in [-0.05, 0) is 19.1 Å². The van der Waals surface area contributed by atoms with Gasteiger partial charge in [-0.1, -0.05) is 0 Å². The second-order valence-electron chi connectivity index (χ2n) is 3.75. The van der Waals surface area contributed by atoms with Crippen LogP contribution in [-0.2, 0) is 9.53 Å². The van der Waals surface area contributed by atoms with Gasteiger partial charge in [0, 0.05) is 11.6 Å². The number of rotatable bonds is 6. The van der Waals surface area contributed by atoms with Crippen molar-refractivity contribution >= 4 is 5.97 Å². The first-order valence-electron chi connectivity index (χ1n) is 5.64. The minimum absolute atomic E-state index is 0.160. The summed E-state index contributed by atoms with van der Waals surface area (Å²) >= 11 is 0. The Bertz CT molecular complexity index is 400. The summed E-state index contributed by atoms with van der Waals surface area (Å²) in [6, 6.07) is 5.16. The third-order valence-corrected chi connectivity index (χ3v) is 2.46. The highest BCUT2D eigenvalue weighted by Crippen LogP contribution is 2.29. The van der Waals surface area contributed by atoms with Crippen molar-refractivity contribution in [3.8, 4) is 11.5 Å². The van der Waals surface area contributed by atoms with Crippen LogP contribution in [0.4, 0.5) is 0 Å². The van der Waals surface area contributed by atoms with E-state index in [1.54, 1.807) is 32.2 Å². The molecule has 100 valence electrons. The topological polar surface area (TPSA) is 65.0 Å². The minimum Gasteiger partial charge on any atom is -0.497 e. The molecule has 0 aliphatic heterocycles. The highest BCUT2D eigenvalue weighted by atomic mass is 16.5. The summed E-state index contributed by atoms with van der Waals surface area (Å²) < 4.78 is 15.1. The van der Waals surface area contributed by atoms with Gasteiger partial charge in [0.2, 0.25) is 0 Å². The number of esters is 1. The Kier molecular flexibility index (Phi) is 5.45. The molecule has 0 amide bonds. The molecule has 0 bridgehead atoms. The van der Waals surface area contributed by atoms with Crippen LogP contribution in [0.1, 0.15) is 25.0 Å². The number of hydrogen-bond donors (Lipinski definition) is 1. The Morgan fingerprint density at radius 1 is 1.39 bits per heavy atom. The maximum Gasteiger partial charge on any atom is 0.308 e. The van der Waals surface area contributed by atoms with Crippen molar-refractivity contribution in [1.29, 1.82) is 0 Å². The third-order valence-electron chi connectivity index (χ3n) is 2.46. The lowest BCUT2D eigenvalue weighted by Gasteiger charge is -2.14. The second kappa shape index (κ2) is 6.86. The molecule has 0 aromatic heterocycles. The predicted octanol–water partition coefficient (Wildman–Crippen LogP) is 1.69. The molecule has 0 spiro atoms. The molecule has 0 fully saturated rings. The van der Waals surface area contributed by atoms with Gasteiger partial charge in [0.05, 0.1) is 33.4 Å². The minimum atomic E-state index is -0.649. The average Bonchev–Trinajstić information content (AvgIpc) is 2.37. The van der Waals surface area contributed by atoms with Gasteiger partial charge in [0.1, 0.15) is 11.5 Å². The number of ether oxygens (including phenoxy) is 3. The maximum atomic E-state index is 11.0. The highest BCUT2D eigenvalue weighted by molar-refractivity contribution is 5.69. The van der Waals surface area contributed by atoms with Crippen molar-refractivity contribution in [3.05, 3.63) is 23.8 Å². The van der Waals surface area contributed by atoms with E-state index in [1.807, 2.05) is 0 Å². The van der Waals surface area contributed by atoms with Crippen molar-refractivity contribution in [2.75, 3.05) is 20.8 Å². The molecule has 1 rings (SSSR count). The van der Waals surface area contributed by atoms with Gasteiger partial charge in [-0.25, -0.2) is 0 Å². The lowest BCUT2D eigenvalue weighted by molar-refractivity contribution is -0.141. The lowest BCUT2D eigenvalue weighted by atomic mass is 10.1. The highest BCUT2D eigenvalue weighted by Gasteiger charge is 2.11. The largest absolute Gasteiger partial charge is 0.497 e. The first kappa shape index (κ1) is 14.3. The average molecular weight is 254 g/mol. The van der Waals surface area contributed by atoms with E-state index in [1.165, 1.54) is 7.11 Å². The van der Waals surface area contributed by atoms with Crippen LogP contribution in [0.3, 0.4) is 0 Å². The van der Waals surface area contributed by atoms with Gasteiger partial charge in [-0.2, -0.15) is 0 Å². The molecule has 1 unspecified atom stereocenters. The van der Waals surface area contributed by atoms with E-state index < -0.39 is 6.10 Å². The number of methoxy groups -OCH3 is 2. The van der Waals surface area contributed by atoms with Crippen molar-refractivity contribution < 1.29 is 24.1 Å². The van der Waals surface area contributed by atoms with E-state index in [0.29, 0.717) is 17.1 Å². The molecule has 1 N–H and O–H groups in total. The van der Waals surface area contributed by atoms with Crippen LogP contribution in [-0.4, -0.2) is 31.9 Å². The molecule has 1 aromatic carbocycles. The van der Waals surface area contributed by atoms with E-state index in [2.05, 4.69) is 4.74 Å². The molecule has 0 aliphatic carbocycles. The molecular weight excluding hydrogens is 236 g/mol. The molecule has 0 radical (unpaired) electrons. The Hall–Kier alpha value is -1.75. The molecular formula is C13H18O5. The zero-order valence-electron chi connectivity index (χ0n) is 10.8. The van der Waals surface area contributed by atoms with Crippen LogP contribution in [0.5, 0.6) is 11.5 Å². The number of carbonyl (C=O) groups excluding carboxylic acids is 1. The fourth-order valence-corrected chi connectivity index (χ4v) is 1.46.